The Hall–Kier alpha value is -6.90. The first-order valence-electron chi connectivity index (χ1n) is 19.5. The molecule has 0 atom stereocenters. The van der Waals surface area contributed by atoms with Gasteiger partial charge in [0.25, 0.3) is 0 Å². The number of hydrogen-bond acceptors (Lipinski definition) is 2. The fourth-order valence-corrected chi connectivity index (χ4v) is 8.89. The van der Waals surface area contributed by atoms with Crippen molar-refractivity contribution >= 4 is 60.5 Å². The minimum Gasteiger partial charge on any atom is -0.454 e. The van der Waals surface area contributed by atoms with Crippen LogP contribution in [0.25, 0.3) is 88.0 Å². The Morgan fingerprint density at radius 1 is 0.375 bits per heavy atom. The van der Waals surface area contributed by atoms with Crippen molar-refractivity contribution in [3.8, 4) is 44.5 Å². The molecule has 9 aromatic carbocycles. The van der Waals surface area contributed by atoms with E-state index in [1.807, 2.05) is 0 Å². The molecule has 1 aliphatic rings. The summed E-state index contributed by atoms with van der Waals surface area (Å²) >= 11 is 0. The van der Waals surface area contributed by atoms with Crippen LogP contribution in [0.15, 0.2) is 186 Å². The maximum absolute atomic E-state index is 6.90. The average Bonchev–Trinajstić information content (AvgIpc) is 3.62. The van der Waals surface area contributed by atoms with Crippen LogP contribution in [0.2, 0.25) is 0 Å². The molecule has 0 saturated heterocycles. The van der Waals surface area contributed by atoms with Gasteiger partial charge in [0.15, 0.2) is 5.58 Å². The lowest BCUT2D eigenvalue weighted by Gasteiger charge is -2.28. The van der Waals surface area contributed by atoms with Gasteiger partial charge in [-0.2, -0.15) is 0 Å². The van der Waals surface area contributed by atoms with Gasteiger partial charge in [-0.25, -0.2) is 0 Å². The molecule has 0 bridgehead atoms. The van der Waals surface area contributed by atoms with Gasteiger partial charge in [-0.1, -0.05) is 136 Å². The van der Waals surface area contributed by atoms with Gasteiger partial charge in [-0.15, -0.1) is 0 Å². The fraction of sp³-hybridized carbons (Fsp3) is 0.0741. The SMILES string of the molecule is CC(C)(C)c1cccc2c1oc1c(N(c3ccccc3)c3ccc4cc5c(cc4c3)-c3cc4cc(-c6ccccc6)c(-c6ccccc6)cc4cc3-5)cccc12. The second-order valence-electron chi connectivity index (χ2n) is 16.2. The van der Waals surface area contributed by atoms with Gasteiger partial charge in [0, 0.05) is 27.7 Å². The highest BCUT2D eigenvalue weighted by Crippen LogP contribution is 2.52. The molecule has 1 heterocycles. The summed E-state index contributed by atoms with van der Waals surface area (Å²) in [6.07, 6.45) is 0. The first-order valence-corrected chi connectivity index (χ1v) is 19.5. The third-order valence-corrected chi connectivity index (χ3v) is 11.6. The Balaban J connectivity index is 1.05. The number of nitrogens with zero attached hydrogens (tertiary/aromatic N) is 1. The molecule has 0 fully saturated rings. The summed E-state index contributed by atoms with van der Waals surface area (Å²) in [7, 11) is 0. The van der Waals surface area contributed by atoms with Crippen LogP contribution in [-0.2, 0) is 5.41 Å². The van der Waals surface area contributed by atoms with Gasteiger partial charge in [-0.3, -0.25) is 0 Å². The standard InChI is InChI=1S/C54H39NO/c1-54(2,3)50-23-13-21-42-43-22-14-24-51(53(43)56-52(42)50)55(40-19-11-6-12-20-40)41-26-25-36-28-46-47(31-37(36)27-41)49-33-39-30-45(35-17-9-5-10-18-35)44(29-38(39)32-48(46)49)34-15-7-4-8-16-34/h4-33H,1-3H3. The van der Waals surface area contributed by atoms with Crippen molar-refractivity contribution < 1.29 is 4.42 Å². The Morgan fingerprint density at radius 3 is 1.43 bits per heavy atom. The van der Waals surface area contributed by atoms with Crippen LogP contribution in [0, 0.1) is 0 Å². The molecule has 56 heavy (non-hydrogen) atoms. The maximum Gasteiger partial charge on any atom is 0.159 e. The summed E-state index contributed by atoms with van der Waals surface area (Å²) in [5.74, 6) is 0. The summed E-state index contributed by atoms with van der Waals surface area (Å²) in [6, 6.07) is 66.4. The third-order valence-electron chi connectivity index (χ3n) is 11.6. The van der Waals surface area contributed by atoms with Gasteiger partial charge in [0.1, 0.15) is 5.58 Å². The Bertz CT molecular complexity index is 3150. The molecule has 1 aliphatic carbocycles. The largest absolute Gasteiger partial charge is 0.454 e. The lowest BCUT2D eigenvalue weighted by Crippen LogP contribution is -2.11. The van der Waals surface area contributed by atoms with Crippen LogP contribution in [0.3, 0.4) is 0 Å². The average molecular weight is 718 g/mol. The topological polar surface area (TPSA) is 16.4 Å². The number of benzene rings is 9. The van der Waals surface area contributed by atoms with Crippen molar-refractivity contribution in [3.05, 3.63) is 188 Å². The van der Waals surface area contributed by atoms with Crippen molar-refractivity contribution in [2.75, 3.05) is 4.90 Å². The fourth-order valence-electron chi connectivity index (χ4n) is 8.89. The van der Waals surface area contributed by atoms with Crippen LogP contribution < -0.4 is 4.90 Å². The molecular weight excluding hydrogens is 679 g/mol. The highest BCUT2D eigenvalue weighted by molar-refractivity contribution is 6.14. The normalized spacial score (nSPS) is 12.2. The summed E-state index contributed by atoms with van der Waals surface area (Å²) in [5, 5.41) is 7.23. The zero-order chi connectivity index (χ0) is 37.5. The van der Waals surface area contributed by atoms with Crippen LogP contribution in [0.1, 0.15) is 26.3 Å². The lowest BCUT2D eigenvalue weighted by molar-refractivity contribution is 0.573. The third kappa shape index (κ3) is 5.10. The molecule has 0 unspecified atom stereocenters. The molecule has 11 rings (SSSR count). The Morgan fingerprint density at radius 2 is 0.857 bits per heavy atom. The first kappa shape index (κ1) is 32.5. The van der Waals surface area contributed by atoms with Gasteiger partial charge in [0.2, 0.25) is 0 Å². The molecule has 0 amide bonds. The number of fused-ring (bicyclic) bond motifs is 9. The first-order chi connectivity index (χ1) is 27.4. The minimum absolute atomic E-state index is 0.0489. The number of furan rings is 1. The molecule has 10 aromatic rings. The van der Waals surface area contributed by atoms with E-state index in [0.717, 1.165) is 39.0 Å². The molecule has 0 saturated carbocycles. The van der Waals surface area contributed by atoms with E-state index < -0.39 is 0 Å². The summed E-state index contributed by atoms with van der Waals surface area (Å²) in [6.45, 7) is 6.75. The lowest BCUT2D eigenvalue weighted by atomic mass is 9.77. The molecule has 0 spiro atoms. The molecular formula is C54H39NO. The number of anilines is 3. The summed E-state index contributed by atoms with van der Waals surface area (Å²) < 4.78 is 6.90. The van der Waals surface area contributed by atoms with E-state index in [1.165, 1.54) is 71.6 Å². The zero-order valence-corrected chi connectivity index (χ0v) is 31.7. The van der Waals surface area contributed by atoms with Crippen LogP contribution in [0.5, 0.6) is 0 Å². The van der Waals surface area contributed by atoms with Crippen LogP contribution in [0.4, 0.5) is 17.1 Å². The summed E-state index contributed by atoms with van der Waals surface area (Å²) in [4.78, 5) is 2.34. The van der Waals surface area contributed by atoms with E-state index >= 15 is 0 Å². The monoisotopic (exact) mass is 717 g/mol. The highest BCUT2D eigenvalue weighted by atomic mass is 16.3. The highest BCUT2D eigenvalue weighted by Gasteiger charge is 2.27. The second kappa shape index (κ2) is 12.3. The molecule has 266 valence electrons. The minimum atomic E-state index is -0.0489. The number of rotatable bonds is 5. The predicted octanol–water partition coefficient (Wildman–Crippen LogP) is 15.6. The maximum atomic E-state index is 6.90. The van der Waals surface area contributed by atoms with Crippen molar-refractivity contribution in [2.24, 2.45) is 0 Å². The molecule has 2 nitrogen and oxygen atoms in total. The summed E-state index contributed by atoms with van der Waals surface area (Å²) in [5.41, 5.74) is 16.4. The zero-order valence-electron chi connectivity index (χ0n) is 31.7. The molecule has 2 heteroatoms. The van der Waals surface area contributed by atoms with Gasteiger partial charge in [0.05, 0.1) is 5.69 Å². The molecule has 0 radical (unpaired) electrons. The Kier molecular flexibility index (Phi) is 7.15. The second-order valence-corrected chi connectivity index (χ2v) is 16.2. The van der Waals surface area contributed by atoms with Crippen molar-refractivity contribution in [3.63, 3.8) is 0 Å². The number of hydrogen-bond donors (Lipinski definition) is 0. The quantitative estimate of drug-likeness (QED) is 0.176. The Labute approximate surface area is 326 Å². The molecule has 0 N–H and O–H groups in total. The molecule has 1 aromatic heterocycles. The van der Waals surface area contributed by atoms with Crippen LogP contribution in [-0.4, -0.2) is 0 Å². The van der Waals surface area contributed by atoms with E-state index in [1.54, 1.807) is 0 Å². The predicted molar refractivity (Wildman–Crippen MR) is 237 cm³/mol. The van der Waals surface area contributed by atoms with Crippen LogP contribution >= 0.6 is 0 Å². The van der Waals surface area contributed by atoms with E-state index in [4.69, 9.17) is 4.42 Å². The molecule has 0 aliphatic heterocycles. The smallest absolute Gasteiger partial charge is 0.159 e. The van der Waals surface area contributed by atoms with E-state index in [2.05, 4.69) is 208 Å². The van der Waals surface area contributed by atoms with Gasteiger partial charge >= 0.3 is 0 Å². The van der Waals surface area contributed by atoms with E-state index in [-0.39, 0.29) is 5.41 Å². The van der Waals surface area contributed by atoms with Gasteiger partial charge < -0.3 is 9.32 Å². The van der Waals surface area contributed by atoms with E-state index in [9.17, 15) is 0 Å². The number of para-hydroxylation sites is 3. The van der Waals surface area contributed by atoms with Crippen molar-refractivity contribution in [1.29, 1.82) is 0 Å². The van der Waals surface area contributed by atoms with Crippen molar-refractivity contribution in [2.45, 2.75) is 26.2 Å². The van der Waals surface area contributed by atoms with E-state index in [0.29, 0.717) is 0 Å². The van der Waals surface area contributed by atoms with Gasteiger partial charge in [-0.05, 0) is 138 Å². The van der Waals surface area contributed by atoms with Crippen molar-refractivity contribution in [1.82, 2.24) is 0 Å².